The third-order valence-corrected chi connectivity index (χ3v) is 1.95. The summed E-state index contributed by atoms with van der Waals surface area (Å²) in [6.45, 7) is 1.95. The molecule has 1 aromatic heterocycles. The number of hydrogen-bond donors (Lipinski definition) is 3. The molecular weight excluding hydrogens is 186 g/mol. The fourth-order valence-electron chi connectivity index (χ4n) is 1.28. The van der Waals surface area contributed by atoms with Gasteiger partial charge in [0.05, 0.1) is 6.20 Å². The van der Waals surface area contributed by atoms with Crippen molar-refractivity contribution in [1.29, 1.82) is 0 Å². The SMILES string of the molecule is CCCc1cnn(O)c1[C@H](N)C(=O)O. The lowest BCUT2D eigenvalue weighted by atomic mass is 10.1. The van der Waals surface area contributed by atoms with E-state index in [1.165, 1.54) is 6.20 Å². The third kappa shape index (κ3) is 1.85. The monoisotopic (exact) mass is 199 g/mol. The molecule has 0 aromatic carbocycles. The van der Waals surface area contributed by atoms with Crippen LogP contribution in [0.5, 0.6) is 0 Å². The molecule has 1 rings (SSSR count). The van der Waals surface area contributed by atoms with Crippen LogP contribution in [-0.4, -0.2) is 26.2 Å². The van der Waals surface area contributed by atoms with Gasteiger partial charge in [-0.1, -0.05) is 13.3 Å². The van der Waals surface area contributed by atoms with Crippen LogP contribution in [0.1, 0.15) is 30.6 Å². The van der Waals surface area contributed by atoms with Crippen molar-refractivity contribution < 1.29 is 15.1 Å². The predicted octanol–water partition coefficient (Wildman–Crippen LogP) is 0.157. The van der Waals surface area contributed by atoms with Gasteiger partial charge >= 0.3 is 5.97 Å². The van der Waals surface area contributed by atoms with Crippen molar-refractivity contribution in [3.8, 4) is 0 Å². The molecule has 4 N–H and O–H groups in total. The Labute approximate surface area is 80.9 Å². The van der Waals surface area contributed by atoms with Gasteiger partial charge in [-0.05, 0) is 12.0 Å². The minimum absolute atomic E-state index is 0.152. The lowest BCUT2D eigenvalue weighted by Crippen LogP contribution is -2.24. The van der Waals surface area contributed by atoms with Gasteiger partial charge in [0.15, 0.2) is 0 Å². The summed E-state index contributed by atoms with van der Waals surface area (Å²) in [5, 5.41) is 21.5. The van der Waals surface area contributed by atoms with Crippen molar-refractivity contribution >= 4 is 5.97 Å². The van der Waals surface area contributed by atoms with Crippen LogP contribution in [0, 0.1) is 0 Å². The normalized spacial score (nSPS) is 12.7. The zero-order valence-corrected chi connectivity index (χ0v) is 7.84. The average molecular weight is 199 g/mol. The Bertz CT molecular complexity index is 335. The lowest BCUT2D eigenvalue weighted by molar-refractivity contribution is -0.139. The first-order chi connectivity index (χ1) is 6.57. The van der Waals surface area contributed by atoms with Crippen LogP contribution in [0.3, 0.4) is 0 Å². The van der Waals surface area contributed by atoms with Crippen molar-refractivity contribution in [1.82, 2.24) is 9.94 Å². The molecule has 1 aromatic rings. The molecule has 1 heterocycles. The quantitative estimate of drug-likeness (QED) is 0.599. The molecule has 0 saturated heterocycles. The standard InChI is InChI=1S/C8H13N3O3/c1-2-3-5-4-10-11(14)7(5)6(9)8(12)13/h4,6,14H,2-3,9H2,1H3,(H,12,13)/t6-/m0/s1. The Kier molecular flexibility index (Phi) is 3.08. The number of carboxylic acids is 1. The summed E-state index contributed by atoms with van der Waals surface area (Å²) in [6, 6.07) is -1.23. The first-order valence-corrected chi connectivity index (χ1v) is 4.32. The number of rotatable bonds is 4. The minimum Gasteiger partial charge on any atom is -0.480 e. The summed E-state index contributed by atoms with van der Waals surface area (Å²) in [5.74, 6) is -1.18. The van der Waals surface area contributed by atoms with E-state index in [1.54, 1.807) is 0 Å². The molecule has 0 saturated carbocycles. The highest BCUT2D eigenvalue weighted by Gasteiger charge is 2.23. The second-order valence-corrected chi connectivity index (χ2v) is 3.01. The zero-order valence-electron chi connectivity index (χ0n) is 7.84. The molecular formula is C8H13N3O3. The Hall–Kier alpha value is -1.56. The summed E-state index contributed by atoms with van der Waals surface area (Å²) in [7, 11) is 0. The van der Waals surface area contributed by atoms with Crippen LogP contribution < -0.4 is 5.73 Å². The molecule has 0 unspecified atom stereocenters. The van der Waals surface area contributed by atoms with Crippen molar-refractivity contribution in [2.75, 3.05) is 0 Å². The number of nitrogens with two attached hydrogens (primary N) is 1. The van der Waals surface area contributed by atoms with E-state index in [4.69, 9.17) is 10.8 Å². The van der Waals surface area contributed by atoms with Gasteiger partial charge in [-0.25, -0.2) is 0 Å². The van der Waals surface area contributed by atoms with Crippen LogP contribution in [0.2, 0.25) is 0 Å². The molecule has 6 nitrogen and oxygen atoms in total. The maximum absolute atomic E-state index is 10.6. The summed E-state index contributed by atoms with van der Waals surface area (Å²) in [6.07, 6.45) is 2.92. The smallest absolute Gasteiger partial charge is 0.326 e. The summed E-state index contributed by atoms with van der Waals surface area (Å²) in [4.78, 5) is 11.2. The van der Waals surface area contributed by atoms with Crippen molar-refractivity contribution in [2.24, 2.45) is 5.73 Å². The number of nitrogens with zero attached hydrogens (tertiary/aromatic N) is 2. The van der Waals surface area contributed by atoms with E-state index in [0.29, 0.717) is 16.8 Å². The predicted molar refractivity (Wildman–Crippen MR) is 48.0 cm³/mol. The third-order valence-electron chi connectivity index (χ3n) is 1.95. The summed E-state index contributed by atoms with van der Waals surface area (Å²) < 4.78 is 0. The molecule has 78 valence electrons. The Morgan fingerprint density at radius 2 is 2.43 bits per heavy atom. The fourth-order valence-corrected chi connectivity index (χ4v) is 1.28. The number of carboxylic acid groups (broad SMARTS) is 1. The molecule has 0 amide bonds. The molecule has 0 spiro atoms. The maximum Gasteiger partial charge on any atom is 0.326 e. The Morgan fingerprint density at radius 1 is 1.79 bits per heavy atom. The van der Waals surface area contributed by atoms with Crippen LogP contribution in [-0.2, 0) is 11.2 Å². The van der Waals surface area contributed by atoms with Crippen molar-refractivity contribution in [2.45, 2.75) is 25.8 Å². The van der Waals surface area contributed by atoms with Gasteiger partial charge in [0, 0.05) is 0 Å². The second-order valence-electron chi connectivity index (χ2n) is 3.01. The molecule has 0 bridgehead atoms. The summed E-state index contributed by atoms with van der Waals surface area (Å²) >= 11 is 0. The number of carbonyl (C=O) groups is 1. The molecule has 0 aliphatic heterocycles. The molecule has 1 atom stereocenters. The van der Waals surface area contributed by atoms with Crippen LogP contribution in [0.4, 0.5) is 0 Å². The zero-order chi connectivity index (χ0) is 10.7. The highest BCUT2D eigenvalue weighted by atomic mass is 16.5. The van der Waals surface area contributed by atoms with E-state index in [1.807, 2.05) is 6.92 Å². The van der Waals surface area contributed by atoms with Crippen LogP contribution in [0.25, 0.3) is 0 Å². The first kappa shape index (κ1) is 10.5. The van der Waals surface area contributed by atoms with E-state index in [0.717, 1.165) is 6.42 Å². The van der Waals surface area contributed by atoms with Gasteiger partial charge in [-0.3, -0.25) is 4.79 Å². The Morgan fingerprint density at radius 3 is 2.93 bits per heavy atom. The minimum atomic E-state index is -1.23. The van der Waals surface area contributed by atoms with Gasteiger partial charge in [0.1, 0.15) is 11.7 Å². The van der Waals surface area contributed by atoms with Crippen LogP contribution >= 0.6 is 0 Å². The topological polar surface area (TPSA) is 101 Å². The van der Waals surface area contributed by atoms with Gasteiger partial charge in [0.2, 0.25) is 0 Å². The van der Waals surface area contributed by atoms with Gasteiger partial charge in [-0.15, -0.1) is 9.94 Å². The number of hydrogen-bond acceptors (Lipinski definition) is 4. The number of aliphatic carboxylic acids is 1. The van der Waals surface area contributed by atoms with E-state index >= 15 is 0 Å². The molecule has 14 heavy (non-hydrogen) atoms. The number of aryl methyl sites for hydroxylation is 1. The molecule has 0 radical (unpaired) electrons. The molecule has 0 aliphatic rings. The maximum atomic E-state index is 10.6. The lowest BCUT2D eigenvalue weighted by Gasteiger charge is -2.07. The van der Waals surface area contributed by atoms with E-state index in [9.17, 15) is 10.0 Å². The molecule has 0 aliphatic carbocycles. The van der Waals surface area contributed by atoms with Gasteiger partial charge in [0.25, 0.3) is 0 Å². The van der Waals surface area contributed by atoms with Gasteiger partial charge < -0.3 is 16.0 Å². The van der Waals surface area contributed by atoms with E-state index < -0.39 is 12.0 Å². The Balaban J connectivity index is 3.03. The summed E-state index contributed by atoms with van der Waals surface area (Å²) in [5.41, 5.74) is 6.22. The average Bonchev–Trinajstić information content (AvgIpc) is 2.47. The second kappa shape index (κ2) is 4.10. The van der Waals surface area contributed by atoms with Crippen molar-refractivity contribution in [3.63, 3.8) is 0 Å². The highest BCUT2D eigenvalue weighted by molar-refractivity contribution is 5.75. The van der Waals surface area contributed by atoms with Gasteiger partial charge in [-0.2, -0.15) is 0 Å². The molecule has 0 fully saturated rings. The highest BCUT2D eigenvalue weighted by Crippen LogP contribution is 2.16. The first-order valence-electron chi connectivity index (χ1n) is 4.32. The molecule has 6 heteroatoms. The fraction of sp³-hybridized carbons (Fsp3) is 0.500. The van der Waals surface area contributed by atoms with E-state index in [-0.39, 0.29) is 5.69 Å². The van der Waals surface area contributed by atoms with Crippen molar-refractivity contribution in [3.05, 3.63) is 17.5 Å². The van der Waals surface area contributed by atoms with E-state index in [2.05, 4.69) is 5.10 Å². The largest absolute Gasteiger partial charge is 0.480 e. The number of aromatic nitrogens is 2. The van der Waals surface area contributed by atoms with Crippen LogP contribution in [0.15, 0.2) is 6.20 Å².